The van der Waals surface area contributed by atoms with Crippen LogP contribution in [0.3, 0.4) is 0 Å². The zero-order chi connectivity index (χ0) is 17.9. The van der Waals surface area contributed by atoms with Crippen molar-refractivity contribution in [3.05, 3.63) is 46.4 Å². The quantitative estimate of drug-likeness (QED) is 0.768. The zero-order valence-corrected chi connectivity index (χ0v) is 16.4. The van der Waals surface area contributed by atoms with Gasteiger partial charge in [-0.25, -0.2) is 9.19 Å². The maximum atomic E-state index is 12.5. The lowest BCUT2D eigenvalue weighted by Crippen LogP contribution is -2.36. The Morgan fingerprint density at radius 3 is 2.48 bits per heavy atom. The van der Waals surface area contributed by atoms with Crippen LogP contribution in [0.25, 0.3) is 0 Å². The van der Waals surface area contributed by atoms with Crippen LogP contribution in [0.5, 0.6) is 0 Å². The number of thiazole rings is 1. The second-order valence-corrected chi connectivity index (χ2v) is 9.45. The Bertz CT molecular complexity index is 744. The fourth-order valence-electron chi connectivity index (χ4n) is 2.45. The van der Waals surface area contributed by atoms with Crippen molar-refractivity contribution in [2.24, 2.45) is 4.40 Å². The predicted molar refractivity (Wildman–Crippen MR) is 105 cm³/mol. The van der Waals surface area contributed by atoms with Crippen LogP contribution in [0.15, 0.2) is 39.6 Å². The molecule has 5 nitrogen and oxygen atoms in total. The van der Waals surface area contributed by atoms with Crippen LogP contribution in [0.1, 0.15) is 32.0 Å². The van der Waals surface area contributed by atoms with Gasteiger partial charge in [0.05, 0.1) is 23.5 Å². The van der Waals surface area contributed by atoms with Crippen LogP contribution in [-0.4, -0.2) is 46.0 Å². The number of hydrogen-bond acceptors (Lipinski definition) is 5. The summed E-state index contributed by atoms with van der Waals surface area (Å²) in [5.41, 5.74) is 5.32. The van der Waals surface area contributed by atoms with Gasteiger partial charge in [0.1, 0.15) is 22.4 Å². The summed E-state index contributed by atoms with van der Waals surface area (Å²) in [6, 6.07) is 8.23. The number of nitrogens with zero attached hydrogens (tertiary/aromatic N) is 3. The van der Waals surface area contributed by atoms with Gasteiger partial charge in [0.2, 0.25) is 0 Å². The first kappa shape index (κ1) is 18.2. The smallest absolute Gasteiger partial charge is 0.145 e. The fourth-order valence-corrected chi connectivity index (χ4v) is 3.62. The van der Waals surface area contributed by atoms with Gasteiger partial charge >= 0.3 is 0 Å². The van der Waals surface area contributed by atoms with Gasteiger partial charge in [-0.2, -0.15) is 4.40 Å². The van der Waals surface area contributed by atoms with Crippen LogP contribution in [0.2, 0.25) is 0 Å². The first-order valence-electron chi connectivity index (χ1n) is 8.27. The van der Waals surface area contributed by atoms with Gasteiger partial charge in [0.25, 0.3) is 0 Å². The van der Waals surface area contributed by atoms with Gasteiger partial charge in [0, 0.05) is 29.7 Å². The molecule has 25 heavy (non-hydrogen) atoms. The first-order valence-corrected chi connectivity index (χ1v) is 10.3. The van der Waals surface area contributed by atoms with Crippen molar-refractivity contribution in [1.29, 1.82) is 0 Å². The molecule has 1 saturated heterocycles. The molecule has 1 aromatic carbocycles. The number of morpholine rings is 1. The molecule has 1 unspecified atom stereocenters. The lowest BCUT2D eigenvalue weighted by molar-refractivity contribution is 0.122. The molecule has 7 heteroatoms. The van der Waals surface area contributed by atoms with E-state index in [1.165, 1.54) is 17.0 Å². The van der Waals surface area contributed by atoms with Crippen LogP contribution in [0, 0.1) is 0 Å². The van der Waals surface area contributed by atoms with Gasteiger partial charge in [-0.1, -0.05) is 12.1 Å². The summed E-state index contributed by atoms with van der Waals surface area (Å²) >= 11 is 1.51. The molecule has 2 heterocycles. The van der Waals surface area contributed by atoms with E-state index in [0.717, 1.165) is 37.6 Å². The summed E-state index contributed by atoms with van der Waals surface area (Å²) in [7, 11) is -1.34. The molecule has 3 rings (SSSR count). The SMILES string of the molecule is CC(C)(C)S(=O)N=C(c1ccc(N2CCOCC2)cc1)c1cscn1. The minimum Gasteiger partial charge on any atom is -0.378 e. The topological polar surface area (TPSA) is 54.8 Å². The molecule has 0 radical (unpaired) electrons. The van der Waals surface area contributed by atoms with E-state index in [9.17, 15) is 4.21 Å². The molecule has 1 aliphatic rings. The van der Waals surface area contributed by atoms with E-state index in [-0.39, 0.29) is 0 Å². The standard InChI is InChI=1S/C18H23N3O2S2/c1-18(2,3)25(22)20-17(16-12-24-13-19-16)14-4-6-15(7-5-14)21-8-10-23-11-9-21/h4-7,12-13H,8-11H2,1-3H3. The summed E-state index contributed by atoms with van der Waals surface area (Å²) in [6.07, 6.45) is 0. The van der Waals surface area contributed by atoms with Crippen LogP contribution in [0.4, 0.5) is 5.69 Å². The number of rotatable bonds is 4. The normalized spacial score (nSPS) is 17.6. The van der Waals surface area contributed by atoms with Crippen LogP contribution >= 0.6 is 11.3 Å². The van der Waals surface area contributed by atoms with E-state index in [2.05, 4.69) is 26.4 Å². The molecule has 1 aliphatic heterocycles. The molecule has 1 atom stereocenters. The summed E-state index contributed by atoms with van der Waals surface area (Å²) in [4.78, 5) is 6.67. The zero-order valence-electron chi connectivity index (χ0n) is 14.8. The second kappa shape index (κ2) is 7.76. The van der Waals surface area contributed by atoms with Gasteiger partial charge in [-0.05, 0) is 32.9 Å². The number of benzene rings is 1. The van der Waals surface area contributed by atoms with Gasteiger partial charge < -0.3 is 9.64 Å². The van der Waals surface area contributed by atoms with Crippen LogP contribution in [-0.2, 0) is 15.7 Å². The van der Waals surface area contributed by atoms with Crippen molar-refractivity contribution in [3.63, 3.8) is 0 Å². The third-order valence-corrected chi connectivity index (χ3v) is 5.87. The average molecular weight is 378 g/mol. The van der Waals surface area contributed by atoms with E-state index in [0.29, 0.717) is 5.71 Å². The van der Waals surface area contributed by atoms with E-state index in [1.54, 1.807) is 5.51 Å². The summed E-state index contributed by atoms with van der Waals surface area (Å²) in [5, 5.41) is 1.94. The summed E-state index contributed by atoms with van der Waals surface area (Å²) < 4.78 is 22.0. The highest BCUT2D eigenvalue weighted by Gasteiger charge is 2.21. The number of hydrogen-bond donors (Lipinski definition) is 0. The summed E-state index contributed by atoms with van der Waals surface area (Å²) in [5.74, 6) is 0. The Balaban J connectivity index is 1.91. The molecule has 134 valence electrons. The monoisotopic (exact) mass is 377 g/mol. The van der Waals surface area contributed by atoms with Crippen molar-refractivity contribution in [2.75, 3.05) is 31.2 Å². The molecule has 0 bridgehead atoms. The Morgan fingerprint density at radius 1 is 1.24 bits per heavy atom. The van der Waals surface area contributed by atoms with Crippen molar-refractivity contribution in [1.82, 2.24) is 4.98 Å². The Kier molecular flexibility index (Phi) is 5.66. The largest absolute Gasteiger partial charge is 0.378 e. The third-order valence-electron chi connectivity index (χ3n) is 3.89. The predicted octanol–water partition coefficient (Wildman–Crippen LogP) is 3.28. The van der Waals surface area contributed by atoms with Crippen LogP contribution < -0.4 is 4.90 Å². The highest BCUT2D eigenvalue weighted by atomic mass is 32.2. The van der Waals surface area contributed by atoms with E-state index in [1.807, 2.05) is 38.3 Å². The van der Waals surface area contributed by atoms with E-state index < -0.39 is 15.7 Å². The maximum Gasteiger partial charge on any atom is 0.145 e. The molecule has 0 spiro atoms. The molecule has 0 amide bonds. The van der Waals surface area contributed by atoms with Gasteiger partial charge in [-0.3, -0.25) is 0 Å². The Labute approximate surface area is 155 Å². The number of anilines is 1. The van der Waals surface area contributed by atoms with Crippen molar-refractivity contribution >= 4 is 33.7 Å². The number of ether oxygens (including phenoxy) is 1. The lowest BCUT2D eigenvalue weighted by Gasteiger charge is -2.29. The Morgan fingerprint density at radius 2 is 1.92 bits per heavy atom. The van der Waals surface area contributed by atoms with E-state index in [4.69, 9.17) is 4.74 Å². The molecular formula is C18H23N3O2S2. The molecular weight excluding hydrogens is 354 g/mol. The number of aromatic nitrogens is 1. The molecule has 0 N–H and O–H groups in total. The van der Waals surface area contributed by atoms with E-state index >= 15 is 0 Å². The second-order valence-electron chi connectivity index (χ2n) is 6.82. The third kappa shape index (κ3) is 4.54. The molecule has 0 aliphatic carbocycles. The Hall–Kier alpha value is -1.57. The first-order chi connectivity index (χ1) is 11.9. The summed E-state index contributed by atoms with van der Waals surface area (Å²) in [6.45, 7) is 9.10. The minimum atomic E-state index is -1.34. The van der Waals surface area contributed by atoms with Crippen molar-refractivity contribution in [2.45, 2.75) is 25.5 Å². The molecule has 2 aromatic rings. The molecule has 1 aromatic heterocycles. The fraction of sp³-hybridized carbons (Fsp3) is 0.444. The minimum absolute atomic E-state index is 0.408. The highest BCUT2D eigenvalue weighted by molar-refractivity contribution is 7.85. The van der Waals surface area contributed by atoms with Gasteiger partial charge in [-0.15, -0.1) is 11.3 Å². The van der Waals surface area contributed by atoms with Crippen molar-refractivity contribution in [3.8, 4) is 0 Å². The highest BCUT2D eigenvalue weighted by Crippen LogP contribution is 2.21. The average Bonchev–Trinajstić information content (AvgIpc) is 3.14. The lowest BCUT2D eigenvalue weighted by atomic mass is 10.1. The van der Waals surface area contributed by atoms with Crippen molar-refractivity contribution < 1.29 is 8.95 Å². The molecule has 1 fully saturated rings. The van der Waals surface area contributed by atoms with Gasteiger partial charge in [0.15, 0.2) is 0 Å². The molecule has 0 saturated carbocycles. The maximum absolute atomic E-state index is 12.5.